The average molecular weight is 300 g/mol. The van der Waals surface area contributed by atoms with Gasteiger partial charge in [0.2, 0.25) is 0 Å². The summed E-state index contributed by atoms with van der Waals surface area (Å²) in [6.07, 6.45) is 3.77. The lowest BCUT2D eigenvalue weighted by atomic mass is 10.1. The molecule has 1 aromatic carbocycles. The zero-order chi connectivity index (χ0) is 15.5. The van der Waals surface area contributed by atoms with Crippen LogP contribution in [0.2, 0.25) is 0 Å². The van der Waals surface area contributed by atoms with Gasteiger partial charge in [0.05, 0.1) is 13.2 Å². The second-order valence-electron chi connectivity index (χ2n) is 5.07. The van der Waals surface area contributed by atoms with Gasteiger partial charge < -0.3 is 19.3 Å². The third-order valence-electron chi connectivity index (χ3n) is 3.67. The number of carboxylic acid groups (broad SMARTS) is 1. The van der Waals surface area contributed by atoms with Crippen molar-refractivity contribution in [2.75, 3.05) is 19.8 Å². The Morgan fingerprint density at radius 2 is 1.95 bits per heavy atom. The van der Waals surface area contributed by atoms with E-state index in [1.54, 1.807) is 18.2 Å². The minimum Gasteiger partial charge on any atom is -0.480 e. The molecule has 1 amide bonds. The highest BCUT2D eigenvalue weighted by Crippen LogP contribution is 2.16. The Morgan fingerprint density at radius 1 is 1.18 bits per heavy atom. The summed E-state index contributed by atoms with van der Waals surface area (Å²) in [7, 11) is 0. The largest absolute Gasteiger partial charge is 0.480 e. The molecule has 22 heavy (non-hydrogen) atoms. The van der Waals surface area contributed by atoms with Crippen LogP contribution in [0.4, 0.5) is 0 Å². The maximum atomic E-state index is 12.6. The molecule has 6 heteroatoms. The number of aromatic nitrogens is 1. The normalized spacial score (nSPS) is 18.2. The molecule has 2 aromatic rings. The van der Waals surface area contributed by atoms with Gasteiger partial charge in [-0.3, -0.25) is 4.79 Å². The standard InChI is InChI=1S/C16H16N2O4/c19-15(18-8-9-22-11-14(18)16(20)21)12-4-3-5-13(10-12)17-6-1-2-7-17/h1-7,10,14H,8-9,11H2,(H,20,21). The molecule has 0 aliphatic carbocycles. The summed E-state index contributed by atoms with van der Waals surface area (Å²) in [5, 5.41) is 9.23. The quantitative estimate of drug-likeness (QED) is 0.930. The van der Waals surface area contributed by atoms with E-state index < -0.39 is 12.0 Å². The van der Waals surface area contributed by atoms with Crippen LogP contribution < -0.4 is 0 Å². The highest BCUT2D eigenvalue weighted by molar-refractivity contribution is 5.97. The lowest BCUT2D eigenvalue weighted by molar-refractivity contribution is -0.147. The van der Waals surface area contributed by atoms with Crippen molar-refractivity contribution in [2.45, 2.75) is 6.04 Å². The van der Waals surface area contributed by atoms with Crippen LogP contribution >= 0.6 is 0 Å². The number of hydrogen-bond acceptors (Lipinski definition) is 3. The summed E-state index contributed by atoms with van der Waals surface area (Å²) in [6.45, 7) is 0.661. The van der Waals surface area contributed by atoms with Gasteiger partial charge in [-0.1, -0.05) is 6.07 Å². The lowest BCUT2D eigenvalue weighted by Crippen LogP contribution is -2.52. The van der Waals surface area contributed by atoms with Gasteiger partial charge in [0.15, 0.2) is 6.04 Å². The number of carbonyl (C=O) groups is 2. The zero-order valence-electron chi connectivity index (χ0n) is 11.9. The molecule has 0 saturated carbocycles. The summed E-state index contributed by atoms with van der Waals surface area (Å²) in [4.78, 5) is 25.3. The van der Waals surface area contributed by atoms with Crippen molar-refractivity contribution in [3.05, 3.63) is 54.4 Å². The smallest absolute Gasteiger partial charge is 0.328 e. The first-order chi connectivity index (χ1) is 10.7. The van der Waals surface area contributed by atoms with Crippen molar-refractivity contribution in [3.63, 3.8) is 0 Å². The summed E-state index contributed by atoms with van der Waals surface area (Å²) in [5.74, 6) is -1.33. The molecule has 1 saturated heterocycles. The number of carbonyl (C=O) groups excluding carboxylic acids is 1. The maximum Gasteiger partial charge on any atom is 0.328 e. The molecule has 3 rings (SSSR count). The van der Waals surface area contributed by atoms with Crippen LogP contribution in [0.1, 0.15) is 10.4 Å². The van der Waals surface area contributed by atoms with Crippen LogP contribution in [0, 0.1) is 0 Å². The summed E-state index contributed by atoms with van der Waals surface area (Å²) in [5.41, 5.74) is 1.33. The van der Waals surface area contributed by atoms with Gasteiger partial charge in [-0.05, 0) is 30.3 Å². The number of hydrogen-bond donors (Lipinski definition) is 1. The molecule has 1 aliphatic rings. The molecule has 1 aromatic heterocycles. The molecular formula is C16H16N2O4. The summed E-state index contributed by atoms with van der Waals surface area (Å²) >= 11 is 0. The topological polar surface area (TPSA) is 71.8 Å². The van der Waals surface area contributed by atoms with E-state index in [1.165, 1.54) is 4.90 Å². The number of nitrogens with zero attached hydrogens (tertiary/aromatic N) is 2. The van der Waals surface area contributed by atoms with Crippen LogP contribution in [0.3, 0.4) is 0 Å². The van der Waals surface area contributed by atoms with Crippen LogP contribution in [0.5, 0.6) is 0 Å². The summed E-state index contributed by atoms with van der Waals surface area (Å²) < 4.78 is 7.06. The molecule has 0 bridgehead atoms. The fourth-order valence-electron chi connectivity index (χ4n) is 2.52. The molecule has 1 N–H and O–H groups in total. The first kappa shape index (κ1) is 14.3. The highest BCUT2D eigenvalue weighted by Gasteiger charge is 2.33. The Bertz CT molecular complexity index is 681. The predicted octanol–water partition coefficient (Wildman–Crippen LogP) is 1.40. The molecule has 1 aliphatic heterocycles. The molecule has 2 heterocycles. The number of benzene rings is 1. The molecule has 6 nitrogen and oxygen atoms in total. The molecule has 0 radical (unpaired) electrons. The minimum atomic E-state index is -1.05. The van der Waals surface area contributed by atoms with Crippen molar-refractivity contribution >= 4 is 11.9 Å². The lowest BCUT2D eigenvalue weighted by Gasteiger charge is -2.33. The molecule has 0 spiro atoms. The number of aliphatic carboxylic acids is 1. The number of ether oxygens (including phenoxy) is 1. The Balaban J connectivity index is 1.88. The van der Waals surface area contributed by atoms with E-state index in [0.29, 0.717) is 12.2 Å². The van der Waals surface area contributed by atoms with E-state index in [1.807, 2.05) is 35.2 Å². The van der Waals surface area contributed by atoms with E-state index >= 15 is 0 Å². The van der Waals surface area contributed by atoms with Gasteiger partial charge >= 0.3 is 5.97 Å². The number of amides is 1. The van der Waals surface area contributed by atoms with Crippen molar-refractivity contribution < 1.29 is 19.4 Å². The van der Waals surface area contributed by atoms with Crippen molar-refractivity contribution in [2.24, 2.45) is 0 Å². The SMILES string of the molecule is O=C(O)C1COCCN1C(=O)c1cccc(-n2cccc2)c1. The van der Waals surface area contributed by atoms with Crippen LogP contribution in [0.25, 0.3) is 5.69 Å². The van der Waals surface area contributed by atoms with Crippen LogP contribution in [0.15, 0.2) is 48.8 Å². The van der Waals surface area contributed by atoms with E-state index in [2.05, 4.69) is 0 Å². The Hall–Kier alpha value is -2.60. The van der Waals surface area contributed by atoms with Gasteiger partial charge in [0, 0.05) is 30.2 Å². The fraction of sp³-hybridized carbons (Fsp3) is 0.250. The monoisotopic (exact) mass is 300 g/mol. The van der Waals surface area contributed by atoms with Crippen molar-refractivity contribution in [1.29, 1.82) is 0 Å². The third-order valence-corrected chi connectivity index (χ3v) is 3.67. The van der Waals surface area contributed by atoms with Crippen molar-refractivity contribution in [3.8, 4) is 5.69 Å². The van der Waals surface area contributed by atoms with Gasteiger partial charge in [-0.15, -0.1) is 0 Å². The first-order valence-electron chi connectivity index (χ1n) is 7.02. The highest BCUT2D eigenvalue weighted by atomic mass is 16.5. The van der Waals surface area contributed by atoms with Gasteiger partial charge in [-0.25, -0.2) is 4.79 Å². The predicted molar refractivity (Wildman–Crippen MR) is 79.0 cm³/mol. The van der Waals surface area contributed by atoms with E-state index in [-0.39, 0.29) is 19.1 Å². The van der Waals surface area contributed by atoms with Crippen molar-refractivity contribution in [1.82, 2.24) is 9.47 Å². The molecule has 1 unspecified atom stereocenters. The number of rotatable bonds is 3. The van der Waals surface area contributed by atoms with Crippen LogP contribution in [-0.2, 0) is 9.53 Å². The molecule has 1 atom stereocenters. The third kappa shape index (κ3) is 2.73. The second kappa shape index (κ2) is 6.03. The Morgan fingerprint density at radius 3 is 2.68 bits per heavy atom. The van der Waals surface area contributed by atoms with Crippen LogP contribution in [-0.4, -0.2) is 52.3 Å². The number of morpholine rings is 1. The molecular weight excluding hydrogens is 284 g/mol. The van der Waals surface area contributed by atoms with Gasteiger partial charge in [0.25, 0.3) is 5.91 Å². The van der Waals surface area contributed by atoms with E-state index in [0.717, 1.165) is 5.69 Å². The summed E-state index contributed by atoms with van der Waals surface area (Å²) in [6, 6.07) is 10.0. The zero-order valence-corrected chi connectivity index (χ0v) is 11.9. The van der Waals surface area contributed by atoms with E-state index in [4.69, 9.17) is 4.74 Å². The minimum absolute atomic E-state index is 0.0262. The second-order valence-corrected chi connectivity index (χ2v) is 5.07. The van der Waals surface area contributed by atoms with Gasteiger partial charge in [-0.2, -0.15) is 0 Å². The molecule has 114 valence electrons. The first-order valence-corrected chi connectivity index (χ1v) is 7.02. The Kier molecular flexibility index (Phi) is 3.93. The van der Waals surface area contributed by atoms with E-state index in [9.17, 15) is 14.7 Å². The average Bonchev–Trinajstić information content (AvgIpc) is 3.09. The van der Waals surface area contributed by atoms with Gasteiger partial charge in [0.1, 0.15) is 0 Å². The Labute approximate surface area is 127 Å². The number of carboxylic acids is 1. The maximum absolute atomic E-state index is 12.6. The molecule has 1 fully saturated rings. The fourth-order valence-corrected chi connectivity index (χ4v) is 2.52.